The van der Waals surface area contributed by atoms with Crippen LogP contribution in [0.25, 0.3) is 0 Å². The molecule has 4 rings (SSSR count). The average Bonchev–Trinajstić information content (AvgIpc) is 3.49. The van der Waals surface area contributed by atoms with Crippen LogP contribution in [0, 0.1) is 23.4 Å². The van der Waals surface area contributed by atoms with E-state index < -0.39 is 69.1 Å². The van der Waals surface area contributed by atoms with E-state index in [4.69, 9.17) is 46.4 Å². The van der Waals surface area contributed by atoms with Gasteiger partial charge in [0.2, 0.25) is 5.91 Å². The van der Waals surface area contributed by atoms with Crippen molar-refractivity contribution in [1.82, 2.24) is 0 Å². The molecule has 0 saturated heterocycles. The number of carbonyl (C=O) groups is 3. The molecule has 1 aliphatic carbocycles. The first-order chi connectivity index (χ1) is 19.1. The number of alkyl halides is 4. The quantitative estimate of drug-likeness (QED) is 0.206. The Morgan fingerprint density at radius 2 is 1.56 bits per heavy atom. The van der Waals surface area contributed by atoms with Crippen LogP contribution in [0.4, 0.5) is 39.0 Å². The SMILES string of the molecule is CN(C(=O)C(F)F)c1c(F)ccc(NC(=O)c2cc(NC(=O)C3[C@H](c4ccc(F)c(Cl)c4)C3(Cl)Cl)ccc2Cl)c1F. The Labute approximate surface area is 249 Å². The molecular weight excluding hydrogens is 639 g/mol. The van der Waals surface area contributed by atoms with Crippen molar-refractivity contribution < 1.29 is 36.3 Å². The lowest BCUT2D eigenvalue weighted by molar-refractivity contribution is -0.128. The molecule has 0 bridgehead atoms. The van der Waals surface area contributed by atoms with E-state index in [9.17, 15) is 36.3 Å². The van der Waals surface area contributed by atoms with E-state index in [1.165, 1.54) is 24.3 Å². The van der Waals surface area contributed by atoms with E-state index in [0.29, 0.717) is 11.6 Å². The maximum Gasteiger partial charge on any atom is 0.316 e. The molecule has 3 aromatic rings. The van der Waals surface area contributed by atoms with Crippen molar-refractivity contribution >= 4 is 81.2 Å². The molecule has 0 radical (unpaired) electrons. The molecule has 1 aliphatic rings. The molecule has 1 fully saturated rings. The molecule has 0 spiro atoms. The zero-order valence-corrected chi connectivity index (χ0v) is 23.4. The van der Waals surface area contributed by atoms with E-state index in [2.05, 4.69) is 10.6 Å². The molecule has 0 aromatic heterocycles. The van der Waals surface area contributed by atoms with Gasteiger partial charge >= 0.3 is 6.43 Å². The highest BCUT2D eigenvalue weighted by Crippen LogP contribution is 2.65. The summed E-state index contributed by atoms with van der Waals surface area (Å²) in [7, 11) is 0.746. The van der Waals surface area contributed by atoms with Gasteiger partial charge in [-0.25, -0.2) is 13.2 Å². The zero-order valence-electron chi connectivity index (χ0n) is 20.4. The van der Waals surface area contributed by atoms with Crippen molar-refractivity contribution in [3.63, 3.8) is 0 Å². The Hall–Kier alpha value is -3.12. The molecule has 216 valence electrons. The third-order valence-electron chi connectivity index (χ3n) is 6.29. The predicted octanol–water partition coefficient (Wildman–Crippen LogP) is 7.42. The fourth-order valence-corrected chi connectivity index (χ4v) is 5.38. The number of hydrogen-bond donors (Lipinski definition) is 2. The van der Waals surface area contributed by atoms with Crippen LogP contribution in [-0.4, -0.2) is 35.5 Å². The summed E-state index contributed by atoms with van der Waals surface area (Å²) < 4.78 is 66.8. The molecule has 0 heterocycles. The van der Waals surface area contributed by atoms with Crippen molar-refractivity contribution in [3.05, 3.63) is 87.2 Å². The highest BCUT2D eigenvalue weighted by molar-refractivity contribution is 6.53. The summed E-state index contributed by atoms with van der Waals surface area (Å²) in [6, 6.07) is 9.07. The Balaban J connectivity index is 1.53. The second-order valence-electron chi connectivity index (χ2n) is 8.90. The number of carbonyl (C=O) groups excluding carboxylic acids is 3. The van der Waals surface area contributed by atoms with Crippen molar-refractivity contribution in [2.24, 2.45) is 5.92 Å². The lowest BCUT2D eigenvalue weighted by Gasteiger charge is -2.20. The van der Waals surface area contributed by atoms with Crippen LogP contribution in [0.1, 0.15) is 21.8 Å². The summed E-state index contributed by atoms with van der Waals surface area (Å²) in [6.45, 7) is 0. The fourth-order valence-electron chi connectivity index (χ4n) is 4.16. The summed E-state index contributed by atoms with van der Waals surface area (Å²) in [4.78, 5) is 37.5. The topological polar surface area (TPSA) is 78.5 Å². The number of rotatable bonds is 7. The van der Waals surface area contributed by atoms with Gasteiger partial charge in [-0.2, -0.15) is 8.78 Å². The Bertz CT molecular complexity index is 1570. The minimum atomic E-state index is -3.53. The molecule has 3 amide bonds. The van der Waals surface area contributed by atoms with Gasteiger partial charge in [0.05, 0.1) is 27.2 Å². The van der Waals surface area contributed by atoms with Gasteiger partial charge < -0.3 is 15.5 Å². The first-order valence-corrected chi connectivity index (χ1v) is 12.9. The highest BCUT2D eigenvalue weighted by Gasteiger charge is 2.67. The number of nitrogens with zero attached hydrogens (tertiary/aromatic N) is 1. The smallest absolute Gasteiger partial charge is 0.316 e. The number of hydrogen-bond acceptors (Lipinski definition) is 3. The molecular formula is C26H16Cl4F5N3O3. The third kappa shape index (κ3) is 6.08. The first-order valence-electron chi connectivity index (χ1n) is 11.4. The molecule has 41 heavy (non-hydrogen) atoms. The molecule has 2 atom stereocenters. The van der Waals surface area contributed by atoms with Crippen molar-refractivity contribution in [2.45, 2.75) is 16.7 Å². The maximum absolute atomic E-state index is 15.0. The molecule has 0 aliphatic heterocycles. The minimum absolute atomic E-state index is 0.0685. The van der Waals surface area contributed by atoms with Gasteiger partial charge in [-0.05, 0) is 48.0 Å². The third-order valence-corrected chi connectivity index (χ3v) is 7.84. The van der Waals surface area contributed by atoms with E-state index in [-0.39, 0.29) is 26.2 Å². The average molecular weight is 655 g/mol. The normalized spacial score (nSPS) is 17.2. The van der Waals surface area contributed by atoms with Crippen LogP contribution < -0.4 is 15.5 Å². The molecule has 1 saturated carbocycles. The second-order valence-corrected chi connectivity index (χ2v) is 11.2. The molecule has 3 aromatic carbocycles. The van der Waals surface area contributed by atoms with E-state index in [1.807, 2.05) is 0 Å². The highest BCUT2D eigenvalue weighted by atomic mass is 35.5. The zero-order chi connectivity index (χ0) is 30.4. The van der Waals surface area contributed by atoms with E-state index in [0.717, 1.165) is 25.2 Å². The second kappa shape index (κ2) is 11.6. The fraction of sp³-hybridized carbons (Fsp3) is 0.192. The van der Waals surface area contributed by atoms with Crippen LogP contribution in [-0.2, 0) is 9.59 Å². The summed E-state index contributed by atoms with van der Waals surface area (Å²) >= 11 is 24.6. The summed E-state index contributed by atoms with van der Waals surface area (Å²) in [6.07, 6.45) is -3.53. The van der Waals surface area contributed by atoms with Crippen LogP contribution in [0.2, 0.25) is 10.0 Å². The van der Waals surface area contributed by atoms with Crippen molar-refractivity contribution in [3.8, 4) is 0 Å². The maximum atomic E-state index is 15.0. The van der Waals surface area contributed by atoms with Crippen LogP contribution >= 0.6 is 46.4 Å². The summed E-state index contributed by atoms with van der Waals surface area (Å²) in [5.74, 6) is -8.69. The number of anilines is 3. The first kappa shape index (κ1) is 30.8. The lowest BCUT2D eigenvalue weighted by atomic mass is 10.1. The summed E-state index contributed by atoms with van der Waals surface area (Å²) in [5, 5.41) is 4.38. The van der Waals surface area contributed by atoms with Crippen molar-refractivity contribution in [2.75, 3.05) is 22.6 Å². The van der Waals surface area contributed by atoms with Gasteiger partial charge in [-0.15, -0.1) is 23.2 Å². The largest absolute Gasteiger partial charge is 0.326 e. The minimum Gasteiger partial charge on any atom is -0.326 e. The predicted molar refractivity (Wildman–Crippen MR) is 146 cm³/mol. The van der Waals surface area contributed by atoms with Gasteiger partial charge in [0.15, 0.2) is 5.82 Å². The molecule has 2 N–H and O–H groups in total. The number of nitrogens with one attached hydrogen (secondary N) is 2. The Morgan fingerprint density at radius 1 is 0.902 bits per heavy atom. The van der Waals surface area contributed by atoms with E-state index >= 15 is 0 Å². The van der Waals surface area contributed by atoms with Gasteiger partial charge in [-0.3, -0.25) is 14.4 Å². The standard InChI is InChI=1S/C26H16Cl4F5N3O3/c1-38(25(41)22(34)35)21-16(32)6-7-17(20(21)33)37-23(39)12-9-11(3-4-13(12)27)36-24(40)19-18(26(19,29)30)10-2-5-15(31)14(28)8-10/h2-9,18-19,22H,1H3,(H,36,40)(H,37,39)/t18-,19?/m0/s1. The Morgan fingerprint density at radius 3 is 2.20 bits per heavy atom. The number of benzene rings is 3. The number of halogens is 9. The van der Waals surface area contributed by atoms with Gasteiger partial charge in [0, 0.05) is 18.7 Å². The van der Waals surface area contributed by atoms with E-state index in [1.54, 1.807) is 0 Å². The monoisotopic (exact) mass is 653 g/mol. The van der Waals surface area contributed by atoms with Crippen LogP contribution in [0.3, 0.4) is 0 Å². The summed E-state index contributed by atoms with van der Waals surface area (Å²) in [5.41, 5.74) is -1.50. The number of amides is 3. The van der Waals surface area contributed by atoms with Gasteiger partial charge in [0.25, 0.3) is 11.8 Å². The van der Waals surface area contributed by atoms with Gasteiger partial charge in [0.1, 0.15) is 21.7 Å². The van der Waals surface area contributed by atoms with Crippen LogP contribution in [0.15, 0.2) is 48.5 Å². The van der Waals surface area contributed by atoms with Crippen LogP contribution in [0.5, 0.6) is 0 Å². The molecule has 1 unspecified atom stereocenters. The molecule has 15 heteroatoms. The lowest BCUT2D eigenvalue weighted by Crippen LogP contribution is -2.33. The molecule has 6 nitrogen and oxygen atoms in total. The van der Waals surface area contributed by atoms with Gasteiger partial charge in [-0.1, -0.05) is 29.3 Å². The Kier molecular flexibility index (Phi) is 8.75. The van der Waals surface area contributed by atoms with Crippen molar-refractivity contribution in [1.29, 1.82) is 0 Å².